The number of thioether (sulfide) groups is 1. The molecule has 0 unspecified atom stereocenters. The van der Waals surface area contributed by atoms with Crippen molar-refractivity contribution in [2.24, 2.45) is 0 Å². The zero-order valence-corrected chi connectivity index (χ0v) is 16.0. The Morgan fingerprint density at radius 2 is 1.62 bits per heavy atom. The maximum Gasteiger partial charge on any atom is 0.205 e. The Morgan fingerprint density at radius 3 is 2.41 bits per heavy atom. The number of hydrogen-bond acceptors (Lipinski definition) is 5. The van der Waals surface area contributed by atoms with E-state index in [4.69, 9.17) is 4.42 Å². The molecule has 7 heteroatoms. The van der Waals surface area contributed by atoms with Gasteiger partial charge in [-0.1, -0.05) is 54.2 Å². The molecule has 5 nitrogen and oxygen atoms in total. The summed E-state index contributed by atoms with van der Waals surface area (Å²) in [4.78, 5) is 4.51. The summed E-state index contributed by atoms with van der Waals surface area (Å²) in [6, 6.07) is 23.7. The molecule has 0 atom stereocenters. The molecule has 0 amide bonds. The van der Waals surface area contributed by atoms with Crippen LogP contribution in [0.4, 0.5) is 4.39 Å². The molecule has 142 valence electrons. The van der Waals surface area contributed by atoms with Crippen LogP contribution < -0.4 is 0 Å². The Kier molecular flexibility index (Phi) is 4.57. The second-order valence-corrected chi connectivity index (χ2v) is 7.29. The summed E-state index contributed by atoms with van der Waals surface area (Å²) < 4.78 is 21.2. The van der Waals surface area contributed by atoms with E-state index in [0.29, 0.717) is 22.6 Å². The minimum absolute atomic E-state index is 0.288. The van der Waals surface area contributed by atoms with Crippen LogP contribution in [0.25, 0.3) is 28.2 Å². The van der Waals surface area contributed by atoms with Gasteiger partial charge in [0.1, 0.15) is 11.3 Å². The van der Waals surface area contributed by atoms with Gasteiger partial charge in [-0.15, -0.1) is 10.2 Å². The normalized spacial score (nSPS) is 11.2. The minimum atomic E-state index is -0.288. The molecule has 5 aromatic rings. The predicted molar refractivity (Wildman–Crippen MR) is 110 cm³/mol. The molecule has 0 aliphatic carbocycles. The number of benzene rings is 3. The largest absolute Gasteiger partial charge is 0.440 e. The maximum absolute atomic E-state index is 13.5. The van der Waals surface area contributed by atoms with Crippen LogP contribution in [0.3, 0.4) is 0 Å². The summed E-state index contributed by atoms with van der Waals surface area (Å²) in [6.45, 7) is 0. The van der Waals surface area contributed by atoms with Gasteiger partial charge in [0.25, 0.3) is 0 Å². The number of fused-ring (bicyclic) bond motifs is 1. The zero-order chi connectivity index (χ0) is 19.6. The fraction of sp³-hybridized carbons (Fsp3) is 0.0455. The maximum atomic E-state index is 13.5. The zero-order valence-electron chi connectivity index (χ0n) is 15.2. The molecule has 5 rings (SSSR count). The van der Waals surface area contributed by atoms with Gasteiger partial charge in [-0.2, -0.15) is 0 Å². The van der Waals surface area contributed by atoms with Crippen molar-refractivity contribution in [2.45, 2.75) is 10.9 Å². The Hall–Kier alpha value is -3.45. The molecule has 29 heavy (non-hydrogen) atoms. The fourth-order valence-electron chi connectivity index (χ4n) is 3.07. The van der Waals surface area contributed by atoms with Crippen molar-refractivity contribution in [3.8, 4) is 17.1 Å². The van der Waals surface area contributed by atoms with E-state index in [-0.39, 0.29) is 5.82 Å². The highest BCUT2D eigenvalue weighted by atomic mass is 32.2. The summed E-state index contributed by atoms with van der Waals surface area (Å²) in [5, 5.41) is 9.44. The van der Waals surface area contributed by atoms with Crippen molar-refractivity contribution >= 4 is 22.9 Å². The number of aromatic nitrogens is 4. The van der Waals surface area contributed by atoms with Gasteiger partial charge >= 0.3 is 0 Å². The van der Waals surface area contributed by atoms with Crippen LogP contribution in [-0.4, -0.2) is 19.7 Å². The van der Waals surface area contributed by atoms with Crippen molar-refractivity contribution in [3.05, 3.63) is 90.6 Å². The molecular weight excluding hydrogens is 387 g/mol. The highest BCUT2D eigenvalue weighted by molar-refractivity contribution is 7.98. The van der Waals surface area contributed by atoms with Crippen LogP contribution in [0, 0.1) is 5.82 Å². The van der Waals surface area contributed by atoms with Gasteiger partial charge in [0.15, 0.2) is 16.6 Å². The van der Waals surface area contributed by atoms with Gasteiger partial charge in [-0.25, -0.2) is 9.37 Å². The third-order valence-corrected chi connectivity index (χ3v) is 5.33. The Labute approximate surface area is 170 Å². The molecule has 2 aromatic heterocycles. The third-order valence-electron chi connectivity index (χ3n) is 4.41. The molecule has 0 radical (unpaired) electrons. The van der Waals surface area contributed by atoms with Crippen LogP contribution in [0.2, 0.25) is 0 Å². The highest BCUT2D eigenvalue weighted by Gasteiger charge is 2.17. The predicted octanol–water partition coefficient (Wildman–Crippen LogP) is 5.51. The first kappa shape index (κ1) is 17.6. The summed E-state index contributed by atoms with van der Waals surface area (Å²) >= 11 is 1.47. The lowest BCUT2D eigenvalue weighted by Gasteiger charge is -2.10. The number of halogens is 1. The van der Waals surface area contributed by atoms with E-state index in [1.807, 2.05) is 59.2 Å². The second kappa shape index (κ2) is 7.52. The smallest absolute Gasteiger partial charge is 0.205 e. The molecular formula is C22H15FN4OS. The van der Waals surface area contributed by atoms with Crippen LogP contribution in [0.15, 0.2) is 88.4 Å². The molecule has 2 heterocycles. The van der Waals surface area contributed by atoms with Gasteiger partial charge < -0.3 is 4.42 Å². The molecule has 0 bridgehead atoms. The van der Waals surface area contributed by atoms with Crippen LogP contribution in [0.5, 0.6) is 0 Å². The minimum Gasteiger partial charge on any atom is -0.440 e. The third kappa shape index (κ3) is 3.52. The van der Waals surface area contributed by atoms with Crippen molar-refractivity contribution in [1.29, 1.82) is 0 Å². The molecule has 0 fully saturated rings. The molecule has 0 spiro atoms. The Morgan fingerprint density at radius 1 is 0.862 bits per heavy atom. The van der Waals surface area contributed by atoms with Crippen LogP contribution in [-0.2, 0) is 5.75 Å². The summed E-state index contributed by atoms with van der Waals surface area (Å²) in [6.07, 6.45) is 0. The van der Waals surface area contributed by atoms with Crippen LogP contribution in [0.1, 0.15) is 5.89 Å². The van der Waals surface area contributed by atoms with Gasteiger partial charge in [0.2, 0.25) is 5.89 Å². The number of oxazole rings is 1. The summed E-state index contributed by atoms with van der Waals surface area (Å²) in [5.74, 6) is 1.52. The van der Waals surface area contributed by atoms with Crippen LogP contribution >= 0.6 is 11.8 Å². The van der Waals surface area contributed by atoms with E-state index in [1.165, 1.54) is 23.9 Å². The van der Waals surface area contributed by atoms with Gasteiger partial charge in [-0.3, -0.25) is 4.57 Å². The number of nitrogens with zero attached hydrogens (tertiary/aromatic N) is 4. The van der Waals surface area contributed by atoms with Gasteiger partial charge in [0.05, 0.1) is 5.75 Å². The van der Waals surface area contributed by atoms with E-state index in [9.17, 15) is 4.39 Å². The monoisotopic (exact) mass is 402 g/mol. The van der Waals surface area contributed by atoms with Gasteiger partial charge in [-0.05, 0) is 36.4 Å². The highest BCUT2D eigenvalue weighted by Crippen LogP contribution is 2.30. The first-order valence-corrected chi connectivity index (χ1v) is 10.0. The molecule has 0 aliphatic rings. The molecule has 0 saturated carbocycles. The van der Waals surface area contributed by atoms with E-state index in [1.54, 1.807) is 12.1 Å². The number of para-hydroxylation sites is 2. The lowest BCUT2D eigenvalue weighted by molar-refractivity contribution is 0.556. The van der Waals surface area contributed by atoms with E-state index in [2.05, 4.69) is 15.2 Å². The van der Waals surface area contributed by atoms with E-state index >= 15 is 0 Å². The van der Waals surface area contributed by atoms with Gasteiger partial charge in [0, 0.05) is 11.3 Å². The first-order chi connectivity index (χ1) is 14.3. The summed E-state index contributed by atoms with van der Waals surface area (Å²) in [7, 11) is 0. The first-order valence-electron chi connectivity index (χ1n) is 9.02. The molecule has 0 aliphatic heterocycles. The average molecular weight is 402 g/mol. The standard InChI is InChI=1S/C22H15FN4OS/c23-16-10-12-17(13-11-16)27-21(15-6-2-1-3-7-15)25-26-22(27)29-14-20-24-18-8-4-5-9-19(18)28-20/h1-13H,14H2. The molecule has 0 saturated heterocycles. The lowest BCUT2D eigenvalue weighted by Crippen LogP contribution is -2.00. The van der Waals surface area contributed by atoms with Crippen molar-refractivity contribution < 1.29 is 8.81 Å². The topological polar surface area (TPSA) is 56.7 Å². The second-order valence-electron chi connectivity index (χ2n) is 6.35. The van der Waals surface area contributed by atoms with Crippen molar-refractivity contribution in [2.75, 3.05) is 0 Å². The fourth-order valence-corrected chi connectivity index (χ4v) is 3.86. The Balaban J connectivity index is 1.52. The molecule has 3 aromatic carbocycles. The van der Waals surface area contributed by atoms with Crippen molar-refractivity contribution in [3.63, 3.8) is 0 Å². The average Bonchev–Trinajstić information content (AvgIpc) is 3.37. The number of hydrogen-bond donors (Lipinski definition) is 0. The van der Waals surface area contributed by atoms with Crippen molar-refractivity contribution in [1.82, 2.24) is 19.7 Å². The number of rotatable bonds is 5. The molecule has 0 N–H and O–H groups in total. The summed E-state index contributed by atoms with van der Waals surface area (Å²) in [5.41, 5.74) is 3.30. The van der Waals surface area contributed by atoms with E-state index < -0.39 is 0 Å². The Bertz CT molecular complexity index is 1230. The SMILES string of the molecule is Fc1ccc(-n2c(SCc3nc4ccccc4o3)nnc2-c2ccccc2)cc1. The quantitative estimate of drug-likeness (QED) is 0.363. The lowest BCUT2D eigenvalue weighted by atomic mass is 10.2. The van der Waals surface area contributed by atoms with E-state index in [0.717, 1.165) is 22.4 Å².